The molecule has 0 bridgehead atoms. The molecule has 1 aliphatic heterocycles. The number of hydrogen-bond donors (Lipinski definition) is 1. The lowest BCUT2D eigenvalue weighted by molar-refractivity contribution is 0.476. The molecule has 7 heteroatoms. The molecule has 1 unspecified atom stereocenters. The molecule has 162 valence electrons. The first-order valence-corrected chi connectivity index (χ1v) is 12.9. The number of pyridine rings is 1. The monoisotopic (exact) mass is 454 g/mol. The highest BCUT2D eigenvalue weighted by atomic mass is 32.2. The summed E-state index contributed by atoms with van der Waals surface area (Å²) >= 11 is 1.72. The first-order valence-electron chi connectivity index (χ1n) is 10.5. The average Bonchev–Trinajstić information content (AvgIpc) is 2.77. The predicted molar refractivity (Wildman–Crippen MR) is 126 cm³/mol. The van der Waals surface area contributed by atoms with E-state index < -0.39 is 10.1 Å². The molecule has 2 heterocycles. The molecule has 4 rings (SSSR count). The molecule has 0 saturated heterocycles. The molecule has 0 spiro atoms. The highest BCUT2D eigenvalue weighted by Crippen LogP contribution is 2.52. The van der Waals surface area contributed by atoms with Gasteiger partial charge in [0.05, 0.1) is 28.9 Å². The molecule has 0 fully saturated rings. The summed E-state index contributed by atoms with van der Waals surface area (Å²) in [5.74, 6) is -0.327. The number of para-hydroxylation sites is 1. The van der Waals surface area contributed by atoms with Crippen LogP contribution >= 0.6 is 11.8 Å². The van der Waals surface area contributed by atoms with E-state index in [0.717, 1.165) is 45.3 Å². The third-order valence-corrected chi connectivity index (χ3v) is 7.50. The Morgan fingerprint density at radius 3 is 2.52 bits per heavy atom. The number of aromatic nitrogens is 1. The van der Waals surface area contributed by atoms with E-state index >= 15 is 0 Å². The number of rotatable bonds is 7. The zero-order valence-electron chi connectivity index (χ0n) is 17.7. The highest BCUT2D eigenvalue weighted by Gasteiger charge is 2.32. The summed E-state index contributed by atoms with van der Waals surface area (Å²) in [6.07, 6.45) is 3.69. The van der Waals surface area contributed by atoms with E-state index in [1.54, 1.807) is 18.0 Å². The van der Waals surface area contributed by atoms with Gasteiger partial charge in [-0.1, -0.05) is 49.9 Å². The van der Waals surface area contributed by atoms with Crippen molar-refractivity contribution in [2.24, 2.45) is 0 Å². The molecule has 1 N–H and O–H groups in total. The van der Waals surface area contributed by atoms with Crippen molar-refractivity contribution in [3.8, 4) is 0 Å². The number of anilines is 2. The van der Waals surface area contributed by atoms with Crippen LogP contribution in [0.5, 0.6) is 0 Å². The predicted octanol–water partition coefficient (Wildman–Crippen LogP) is 5.83. The Bertz CT molecular complexity index is 1190. The molecule has 0 amide bonds. The van der Waals surface area contributed by atoms with E-state index in [0.29, 0.717) is 0 Å². The SMILES string of the molecule is CCc1ccc2c(c1)N(C(CCS(=O)(=O)O)c1ncccc1CC)c1ccccc1S2. The largest absolute Gasteiger partial charge is 0.330 e. The fourth-order valence-electron chi connectivity index (χ4n) is 4.08. The molecule has 0 saturated carbocycles. The summed E-state index contributed by atoms with van der Waals surface area (Å²) in [5, 5.41) is 0. The van der Waals surface area contributed by atoms with Crippen LogP contribution in [0.15, 0.2) is 70.6 Å². The van der Waals surface area contributed by atoms with E-state index in [1.165, 1.54) is 5.56 Å². The molecule has 31 heavy (non-hydrogen) atoms. The van der Waals surface area contributed by atoms with E-state index in [9.17, 15) is 13.0 Å². The van der Waals surface area contributed by atoms with Gasteiger partial charge in [0.15, 0.2) is 0 Å². The van der Waals surface area contributed by atoms with Crippen molar-refractivity contribution >= 4 is 33.3 Å². The quantitative estimate of drug-likeness (QED) is 0.453. The minimum atomic E-state index is -4.11. The van der Waals surface area contributed by atoms with Gasteiger partial charge < -0.3 is 4.90 Å². The van der Waals surface area contributed by atoms with Crippen molar-refractivity contribution in [1.29, 1.82) is 0 Å². The number of benzene rings is 2. The molecule has 1 atom stereocenters. The van der Waals surface area contributed by atoms with Gasteiger partial charge in [0.25, 0.3) is 10.1 Å². The Morgan fingerprint density at radius 2 is 1.77 bits per heavy atom. The molecule has 1 aromatic heterocycles. The van der Waals surface area contributed by atoms with Crippen LogP contribution in [-0.2, 0) is 23.0 Å². The molecule has 0 aliphatic carbocycles. The standard InChI is InChI=1S/C24H26N2O3S2/c1-3-17-11-12-23-21(16-17)26(19-9-5-6-10-22(19)30-23)20(13-15-31(27,28)29)24-18(4-2)8-7-14-25-24/h5-12,14,16,20H,3-4,13,15H2,1-2H3,(H,27,28,29). The third kappa shape index (κ3) is 4.63. The molecule has 3 aromatic rings. The maximum absolute atomic E-state index is 11.7. The van der Waals surface area contributed by atoms with E-state index in [-0.39, 0.29) is 18.2 Å². The van der Waals surface area contributed by atoms with Crippen LogP contribution in [0.2, 0.25) is 0 Å². The van der Waals surface area contributed by atoms with Crippen molar-refractivity contribution in [3.05, 3.63) is 77.6 Å². The Labute approximate surface area is 188 Å². The second-order valence-electron chi connectivity index (χ2n) is 7.59. The normalized spacial score (nSPS) is 14.1. The topological polar surface area (TPSA) is 70.5 Å². The summed E-state index contributed by atoms with van der Waals surface area (Å²) in [4.78, 5) is 9.15. The summed E-state index contributed by atoms with van der Waals surface area (Å²) in [5.41, 5.74) is 5.22. The summed E-state index contributed by atoms with van der Waals surface area (Å²) in [7, 11) is -4.11. The lowest BCUT2D eigenvalue weighted by atomic mass is 9.99. The van der Waals surface area contributed by atoms with Gasteiger partial charge in [-0.3, -0.25) is 9.54 Å². The maximum atomic E-state index is 11.7. The Hall–Kier alpha value is -2.35. The average molecular weight is 455 g/mol. The van der Waals surface area contributed by atoms with E-state index in [2.05, 4.69) is 54.1 Å². The van der Waals surface area contributed by atoms with Crippen LogP contribution < -0.4 is 4.90 Å². The van der Waals surface area contributed by atoms with Crippen LogP contribution in [-0.4, -0.2) is 23.7 Å². The van der Waals surface area contributed by atoms with Crippen molar-refractivity contribution < 1.29 is 13.0 Å². The van der Waals surface area contributed by atoms with Crippen LogP contribution in [0.1, 0.15) is 43.1 Å². The molecule has 5 nitrogen and oxygen atoms in total. The second kappa shape index (κ2) is 9.02. The molecule has 2 aromatic carbocycles. The minimum absolute atomic E-state index is 0.234. The number of nitrogens with zero attached hydrogens (tertiary/aromatic N) is 2. The van der Waals surface area contributed by atoms with Crippen molar-refractivity contribution in [2.45, 2.75) is 48.9 Å². The Morgan fingerprint density at radius 1 is 1.00 bits per heavy atom. The summed E-state index contributed by atoms with van der Waals surface area (Å²) < 4.78 is 33.0. The van der Waals surface area contributed by atoms with Crippen LogP contribution in [0.25, 0.3) is 0 Å². The lowest BCUT2D eigenvalue weighted by Crippen LogP contribution is -2.30. The lowest BCUT2D eigenvalue weighted by Gasteiger charge is -2.39. The van der Waals surface area contributed by atoms with Crippen molar-refractivity contribution in [3.63, 3.8) is 0 Å². The number of fused-ring (bicyclic) bond motifs is 2. The third-order valence-electron chi connectivity index (χ3n) is 5.62. The van der Waals surface area contributed by atoms with Gasteiger partial charge in [-0.2, -0.15) is 8.42 Å². The zero-order valence-corrected chi connectivity index (χ0v) is 19.3. The van der Waals surface area contributed by atoms with Gasteiger partial charge >= 0.3 is 0 Å². The van der Waals surface area contributed by atoms with Gasteiger partial charge in [0.1, 0.15) is 0 Å². The summed E-state index contributed by atoms with van der Waals surface area (Å²) in [6, 6.07) is 18.3. The summed E-state index contributed by atoms with van der Waals surface area (Å²) in [6.45, 7) is 4.20. The molecular formula is C24H26N2O3S2. The molecular weight excluding hydrogens is 428 g/mol. The van der Waals surface area contributed by atoms with Crippen molar-refractivity contribution in [2.75, 3.05) is 10.7 Å². The first-order chi connectivity index (χ1) is 14.9. The molecule has 1 aliphatic rings. The van der Waals surface area contributed by atoms with Crippen LogP contribution in [0.3, 0.4) is 0 Å². The minimum Gasteiger partial charge on any atom is -0.330 e. The second-order valence-corrected chi connectivity index (χ2v) is 10.2. The Kier molecular flexibility index (Phi) is 6.36. The van der Waals surface area contributed by atoms with E-state index in [1.807, 2.05) is 24.3 Å². The van der Waals surface area contributed by atoms with Crippen LogP contribution in [0.4, 0.5) is 11.4 Å². The first kappa shape index (κ1) is 21.9. The smallest absolute Gasteiger partial charge is 0.264 e. The van der Waals surface area contributed by atoms with Gasteiger partial charge in [0, 0.05) is 16.0 Å². The maximum Gasteiger partial charge on any atom is 0.264 e. The molecule has 0 radical (unpaired) electrons. The fourth-order valence-corrected chi connectivity index (χ4v) is 5.66. The van der Waals surface area contributed by atoms with Gasteiger partial charge in [-0.15, -0.1) is 0 Å². The highest BCUT2D eigenvalue weighted by molar-refractivity contribution is 7.99. The zero-order chi connectivity index (χ0) is 22.0. The van der Waals surface area contributed by atoms with E-state index in [4.69, 9.17) is 0 Å². The number of hydrogen-bond acceptors (Lipinski definition) is 5. The van der Waals surface area contributed by atoms with Gasteiger partial charge in [-0.25, -0.2) is 0 Å². The van der Waals surface area contributed by atoms with Crippen LogP contribution in [0, 0.1) is 0 Å². The fraction of sp³-hybridized carbons (Fsp3) is 0.292. The van der Waals surface area contributed by atoms with Gasteiger partial charge in [-0.05, 0) is 60.7 Å². The Balaban J connectivity index is 1.93. The number of aryl methyl sites for hydroxylation is 2. The van der Waals surface area contributed by atoms with Gasteiger partial charge in [0.2, 0.25) is 0 Å². The van der Waals surface area contributed by atoms with Crippen molar-refractivity contribution in [1.82, 2.24) is 4.98 Å².